The van der Waals surface area contributed by atoms with E-state index >= 15 is 8.78 Å². The third kappa shape index (κ3) is 6.75. The Morgan fingerprint density at radius 1 is 0.972 bits per heavy atom. The maximum atomic E-state index is 15.5. The van der Waals surface area contributed by atoms with E-state index in [0.717, 1.165) is 0 Å². The van der Waals surface area contributed by atoms with Crippen molar-refractivity contribution in [3.05, 3.63) is 0 Å². The standard InChI is InChI=1S/C19H32F5O10PS/c1-6-9-10-28-14-13-15(33-16(4,5)32-13)34-17(14,12-31-36(26,27)19(22,23)24)11-18(20,21)35(25,29-7-2)30-8-3/h13-15H,6-12H2,1-5H3/t13-,14?,15-,17+/m0/s1. The molecule has 2 aliphatic heterocycles. The lowest BCUT2D eigenvalue weighted by molar-refractivity contribution is -0.257. The third-order valence-corrected chi connectivity index (χ3v) is 8.45. The van der Waals surface area contributed by atoms with Crippen LogP contribution in [0, 0.1) is 0 Å². The average Bonchev–Trinajstić information content (AvgIpc) is 3.15. The number of rotatable bonds is 14. The van der Waals surface area contributed by atoms with Crippen molar-refractivity contribution in [3.8, 4) is 0 Å². The Hall–Kier alpha value is -0.450. The van der Waals surface area contributed by atoms with Crippen LogP contribution in [0.2, 0.25) is 0 Å². The molecule has 0 aliphatic carbocycles. The number of hydrogen-bond acceptors (Lipinski definition) is 10. The van der Waals surface area contributed by atoms with Crippen LogP contribution >= 0.6 is 7.60 Å². The van der Waals surface area contributed by atoms with E-state index in [1.165, 1.54) is 27.7 Å². The lowest BCUT2D eigenvalue weighted by Crippen LogP contribution is -2.54. The van der Waals surface area contributed by atoms with Crippen LogP contribution in [-0.4, -0.2) is 75.9 Å². The van der Waals surface area contributed by atoms with Gasteiger partial charge in [-0.15, -0.1) is 0 Å². The summed E-state index contributed by atoms with van der Waals surface area (Å²) in [5.74, 6) is -1.28. The molecular weight excluding hydrogens is 546 g/mol. The predicted molar refractivity (Wildman–Crippen MR) is 114 cm³/mol. The van der Waals surface area contributed by atoms with Crippen LogP contribution < -0.4 is 0 Å². The van der Waals surface area contributed by atoms with Crippen molar-refractivity contribution in [1.29, 1.82) is 0 Å². The van der Waals surface area contributed by atoms with Crippen molar-refractivity contribution >= 4 is 17.7 Å². The smallest absolute Gasteiger partial charge is 0.372 e. The van der Waals surface area contributed by atoms with E-state index in [4.69, 9.17) is 28.0 Å². The van der Waals surface area contributed by atoms with Gasteiger partial charge in [0.1, 0.15) is 17.8 Å². The lowest BCUT2D eigenvalue weighted by atomic mass is 9.92. The molecule has 214 valence electrons. The minimum atomic E-state index is -6.22. The van der Waals surface area contributed by atoms with Gasteiger partial charge in [0.25, 0.3) is 0 Å². The average molecular weight is 578 g/mol. The Labute approximate surface area is 206 Å². The summed E-state index contributed by atoms with van der Waals surface area (Å²) < 4.78 is 142. The fourth-order valence-electron chi connectivity index (χ4n) is 3.83. The number of hydrogen-bond donors (Lipinski definition) is 0. The number of unbranched alkanes of at least 4 members (excludes halogenated alkanes) is 1. The van der Waals surface area contributed by atoms with E-state index in [9.17, 15) is 26.2 Å². The van der Waals surface area contributed by atoms with Gasteiger partial charge in [-0.25, -0.2) is 0 Å². The molecule has 17 heteroatoms. The predicted octanol–water partition coefficient (Wildman–Crippen LogP) is 4.53. The molecule has 0 aromatic rings. The van der Waals surface area contributed by atoms with Crippen LogP contribution in [0.3, 0.4) is 0 Å². The molecule has 2 aliphatic rings. The summed E-state index contributed by atoms with van der Waals surface area (Å²) in [4.78, 5) is 0. The molecule has 1 unspecified atom stereocenters. The SMILES string of the molecule is CCCCOC1[C@@H]2OC(C)(C)O[C@H]2O[C@@]1(COS(=O)(=O)C(F)(F)F)CC(F)(F)P(=O)(OCC)OCC. The van der Waals surface area contributed by atoms with Gasteiger partial charge in [-0.2, -0.15) is 30.4 Å². The van der Waals surface area contributed by atoms with Gasteiger partial charge < -0.3 is 28.0 Å². The molecule has 0 amide bonds. The first-order valence-electron chi connectivity index (χ1n) is 11.3. The second-order valence-corrected chi connectivity index (χ2v) is 12.4. The molecule has 0 aromatic heterocycles. The van der Waals surface area contributed by atoms with E-state index in [1.807, 2.05) is 0 Å². The summed E-state index contributed by atoms with van der Waals surface area (Å²) in [5.41, 5.74) is -12.8. The van der Waals surface area contributed by atoms with Gasteiger partial charge in [-0.05, 0) is 34.1 Å². The topological polar surface area (TPSA) is 116 Å². The number of ether oxygens (including phenoxy) is 4. The normalized spacial score (nSPS) is 29.0. The van der Waals surface area contributed by atoms with Crippen LogP contribution in [0.15, 0.2) is 0 Å². The molecule has 0 N–H and O–H groups in total. The Morgan fingerprint density at radius 3 is 2.06 bits per heavy atom. The zero-order chi connectivity index (χ0) is 27.6. The fraction of sp³-hybridized carbons (Fsp3) is 1.00. The second-order valence-electron chi connectivity index (χ2n) is 8.63. The summed E-state index contributed by atoms with van der Waals surface area (Å²) in [6.45, 7) is 4.82. The molecule has 0 bridgehead atoms. The molecule has 0 radical (unpaired) electrons. The quantitative estimate of drug-likeness (QED) is 0.0957. The van der Waals surface area contributed by atoms with Gasteiger partial charge in [0, 0.05) is 6.61 Å². The Balaban J connectivity index is 2.55. The van der Waals surface area contributed by atoms with E-state index < -0.39 is 85.0 Å². The highest BCUT2D eigenvalue weighted by Crippen LogP contribution is 2.65. The number of halogens is 5. The first-order valence-corrected chi connectivity index (χ1v) is 14.2. The van der Waals surface area contributed by atoms with Gasteiger partial charge in [0.05, 0.1) is 26.2 Å². The van der Waals surface area contributed by atoms with Crippen molar-refractivity contribution in [2.75, 3.05) is 26.4 Å². The van der Waals surface area contributed by atoms with Gasteiger partial charge in [-0.3, -0.25) is 8.75 Å². The van der Waals surface area contributed by atoms with Gasteiger partial charge in [-0.1, -0.05) is 13.3 Å². The van der Waals surface area contributed by atoms with Crippen LogP contribution in [0.25, 0.3) is 0 Å². The molecule has 0 spiro atoms. The Kier molecular flexibility index (Phi) is 10.0. The van der Waals surface area contributed by atoms with Crippen molar-refractivity contribution < 1.29 is 67.1 Å². The minimum Gasteiger partial charge on any atom is -0.372 e. The summed E-state index contributed by atoms with van der Waals surface area (Å²) in [6.07, 6.45) is -4.90. The van der Waals surface area contributed by atoms with Crippen molar-refractivity contribution in [2.45, 2.75) is 94.9 Å². The van der Waals surface area contributed by atoms with Crippen LogP contribution in [0.4, 0.5) is 22.0 Å². The van der Waals surface area contributed by atoms with E-state index in [-0.39, 0.29) is 6.61 Å². The van der Waals surface area contributed by atoms with Gasteiger partial charge in [0.15, 0.2) is 12.1 Å². The van der Waals surface area contributed by atoms with Crippen molar-refractivity contribution in [3.63, 3.8) is 0 Å². The Bertz CT molecular complexity index is 890. The van der Waals surface area contributed by atoms with Crippen LogP contribution in [-0.2, 0) is 46.9 Å². The number of fused-ring (bicyclic) bond motifs is 1. The monoisotopic (exact) mass is 578 g/mol. The second kappa shape index (κ2) is 11.3. The molecule has 10 nitrogen and oxygen atoms in total. The van der Waals surface area contributed by atoms with Crippen molar-refractivity contribution in [1.82, 2.24) is 0 Å². The molecule has 0 saturated carbocycles. The maximum Gasteiger partial charge on any atom is 0.523 e. The fourth-order valence-corrected chi connectivity index (χ4v) is 5.91. The van der Waals surface area contributed by atoms with Crippen molar-refractivity contribution in [2.24, 2.45) is 0 Å². The first-order chi connectivity index (χ1) is 16.4. The largest absolute Gasteiger partial charge is 0.523 e. The molecular formula is C19H32F5O10PS. The van der Waals surface area contributed by atoms with E-state index in [2.05, 4.69) is 4.18 Å². The molecule has 4 atom stereocenters. The summed E-state index contributed by atoms with van der Waals surface area (Å²) in [7, 11) is -11.4. The molecule has 2 rings (SSSR count). The zero-order valence-corrected chi connectivity index (χ0v) is 22.2. The summed E-state index contributed by atoms with van der Waals surface area (Å²) in [5, 5.41) is 0. The highest BCUT2D eigenvalue weighted by molar-refractivity contribution is 7.87. The molecule has 0 aromatic carbocycles. The number of alkyl halides is 5. The highest BCUT2D eigenvalue weighted by Gasteiger charge is 2.69. The molecule has 2 fully saturated rings. The maximum absolute atomic E-state index is 15.5. The molecule has 36 heavy (non-hydrogen) atoms. The molecule has 2 saturated heterocycles. The minimum absolute atomic E-state index is 0.0640. The first kappa shape index (κ1) is 31.8. The Morgan fingerprint density at radius 2 is 1.56 bits per heavy atom. The van der Waals surface area contributed by atoms with E-state index in [0.29, 0.717) is 12.8 Å². The third-order valence-electron chi connectivity index (χ3n) is 5.30. The lowest BCUT2D eigenvalue weighted by Gasteiger charge is -2.39. The summed E-state index contributed by atoms with van der Waals surface area (Å²) in [6, 6.07) is 0. The van der Waals surface area contributed by atoms with E-state index in [1.54, 1.807) is 6.92 Å². The summed E-state index contributed by atoms with van der Waals surface area (Å²) >= 11 is 0. The van der Waals surface area contributed by atoms with Crippen LogP contribution in [0.5, 0.6) is 0 Å². The highest BCUT2D eigenvalue weighted by atomic mass is 32.2. The zero-order valence-electron chi connectivity index (χ0n) is 20.5. The molecule has 2 heterocycles. The van der Waals surface area contributed by atoms with Gasteiger partial charge in [0.2, 0.25) is 0 Å². The van der Waals surface area contributed by atoms with Gasteiger partial charge >= 0.3 is 28.9 Å². The van der Waals surface area contributed by atoms with Crippen LogP contribution in [0.1, 0.15) is 53.9 Å².